The largest absolute Gasteiger partial charge is 0.525 e. The first-order valence-electron chi connectivity index (χ1n) is 4.53. The van der Waals surface area contributed by atoms with Gasteiger partial charge >= 0.3 is 6.36 Å². The molecular weight excluding hydrogens is 239 g/mol. The van der Waals surface area contributed by atoms with Crippen LogP contribution in [0, 0.1) is 0 Å². The van der Waals surface area contributed by atoms with Crippen LogP contribution in [0.4, 0.5) is 22.1 Å². The molecule has 0 aliphatic heterocycles. The van der Waals surface area contributed by atoms with Crippen LogP contribution < -0.4 is 0 Å². The molecule has 0 heterocycles. The van der Waals surface area contributed by atoms with E-state index < -0.39 is 25.1 Å². The van der Waals surface area contributed by atoms with Crippen LogP contribution in [0.25, 0.3) is 0 Å². The van der Waals surface area contributed by atoms with Gasteiger partial charge in [0.1, 0.15) is 6.10 Å². The van der Waals surface area contributed by atoms with Gasteiger partial charge in [0.15, 0.2) is 6.86 Å². The molecule has 0 aromatic rings. The summed E-state index contributed by atoms with van der Waals surface area (Å²) in [6.45, 7) is 0.947. The summed E-state index contributed by atoms with van der Waals surface area (Å²) in [5.74, 6) is -2.71. The van der Waals surface area contributed by atoms with Gasteiger partial charge in [-0.1, -0.05) is 13.3 Å². The Labute approximate surface area is 89.4 Å². The quantitative estimate of drug-likeness (QED) is 0.514. The van der Waals surface area contributed by atoms with Gasteiger partial charge in [-0.05, 0) is 17.9 Å². The summed E-state index contributed by atoms with van der Waals surface area (Å²) in [5.41, 5.74) is 0. The molecule has 8 heteroatoms. The highest BCUT2D eigenvalue weighted by atomic mass is 19.4. The molecule has 0 aromatic heterocycles. The lowest BCUT2D eigenvalue weighted by molar-refractivity contribution is -0.469. The first kappa shape index (κ1) is 15.5. The molecule has 0 aliphatic rings. The van der Waals surface area contributed by atoms with Gasteiger partial charge in [0.2, 0.25) is 5.79 Å². The minimum absolute atomic E-state index is 0.0413. The third-order valence-corrected chi connectivity index (χ3v) is 1.87. The van der Waals surface area contributed by atoms with Gasteiger partial charge in [0.05, 0.1) is 0 Å². The molecular formula is C8H13F5O3. The summed E-state index contributed by atoms with van der Waals surface area (Å²) in [7, 11) is 0. The number of alkyl halides is 4. The van der Waals surface area contributed by atoms with Gasteiger partial charge in [0.25, 0.3) is 0 Å². The van der Waals surface area contributed by atoms with Gasteiger partial charge < -0.3 is 4.74 Å². The SMILES string of the molecule is CCCC(OCF)C(C)(OF)OC(F)(F)F. The standard InChI is InChI=1S/C8H13F5O3/c1-3-4-6(14-5-9)7(2,16-13)15-8(10,11)12/h6H,3-5H2,1-2H3. The van der Waals surface area contributed by atoms with E-state index >= 15 is 0 Å². The molecule has 0 aliphatic carbocycles. The molecule has 0 aromatic carbocycles. The highest BCUT2D eigenvalue weighted by Gasteiger charge is 2.48. The molecule has 0 fully saturated rings. The first-order chi connectivity index (χ1) is 7.29. The fraction of sp³-hybridized carbons (Fsp3) is 1.00. The summed E-state index contributed by atoms with van der Waals surface area (Å²) in [6.07, 6.45) is -6.29. The molecule has 0 bridgehead atoms. The second-order valence-corrected chi connectivity index (χ2v) is 3.19. The van der Waals surface area contributed by atoms with Crippen LogP contribution in [0.15, 0.2) is 0 Å². The van der Waals surface area contributed by atoms with Crippen molar-refractivity contribution in [1.29, 1.82) is 0 Å². The summed E-state index contributed by atoms with van der Waals surface area (Å²) in [5, 5.41) is 0. The molecule has 16 heavy (non-hydrogen) atoms. The van der Waals surface area contributed by atoms with Crippen molar-refractivity contribution in [1.82, 2.24) is 0 Å². The molecule has 2 atom stereocenters. The zero-order valence-corrected chi connectivity index (χ0v) is 8.81. The fourth-order valence-corrected chi connectivity index (χ4v) is 1.20. The number of rotatable bonds is 7. The van der Waals surface area contributed by atoms with Crippen molar-refractivity contribution in [3.05, 3.63) is 0 Å². The minimum Gasteiger partial charge on any atom is -0.341 e. The van der Waals surface area contributed by atoms with Crippen molar-refractivity contribution in [3.63, 3.8) is 0 Å². The third-order valence-electron chi connectivity index (χ3n) is 1.87. The zero-order chi connectivity index (χ0) is 12.8. The van der Waals surface area contributed by atoms with E-state index in [4.69, 9.17) is 0 Å². The van der Waals surface area contributed by atoms with Gasteiger partial charge in [-0.25, -0.2) is 4.39 Å². The maximum absolute atomic E-state index is 12.1. The molecule has 0 N–H and O–H groups in total. The average molecular weight is 252 g/mol. The van der Waals surface area contributed by atoms with Crippen LogP contribution in [0.3, 0.4) is 0 Å². The molecule has 0 spiro atoms. The summed E-state index contributed by atoms with van der Waals surface area (Å²) in [4.78, 5) is 3.15. The minimum atomic E-state index is -5.10. The Kier molecular flexibility index (Phi) is 6.13. The highest BCUT2D eigenvalue weighted by Crippen LogP contribution is 2.32. The second kappa shape index (κ2) is 6.31. The maximum Gasteiger partial charge on any atom is 0.525 e. The van der Waals surface area contributed by atoms with Crippen molar-refractivity contribution in [2.45, 2.75) is 44.9 Å². The molecule has 0 saturated carbocycles. The fourth-order valence-electron chi connectivity index (χ4n) is 1.20. The van der Waals surface area contributed by atoms with E-state index in [0.29, 0.717) is 13.3 Å². The number of halogens is 5. The summed E-state index contributed by atoms with van der Waals surface area (Å²) in [6, 6.07) is 0. The van der Waals surface area contributed by atoms with Crippen LogP contribution in [-0.4, -0.2) is 25.1 Å². The van der Waals surface area contributed by atoms with Crippen molar-refractivity contribution in [2.75, 3.05) is 6.86 Å². The van der Waals surface area contributed by atoms with Crippen molar-refractivity contribution in [2.24, 2.45) is 0 Å². The lowest BCUT2D eigenvalue weighted by Crippen LogP contribution is -2.48. The van der Waals surface area contributed by atoms with Crippen LogP contribution in [0.2, 0.25) is 0 Å². The normalized spacial score (nSPS) is 18.2. The number of hydrogen-bond acceptors (Lipinski definition) is 3. The number of hydrogen-bond donors (Lipinski definition) is 0. The van der Waals surface area contributed by atoms with E-state index in [1.54, 1.807) is 6.92 Å². The smallest absolute Gasteiger partial charge is 0.341 e. The Morgan fingerprint density at radius 2 is 1.81 bits per heavy atom. The van der Waals surface area contributed by atoms with Crippen LogP contribution in [0.5, 0.6) is 0 Å². The third kappa shape index (κ3) is 5.04. The zero-order valence-electron chi connectivity index (χ0n) is 8.81. The topological polar surface area (TPSA) is 27.7 Å². The summed E-state index contributed by atoms with van der Waals surface area (Å²) < 4.78 is 67.7. The van der Waals surface area contributed by atoms with Crippen molar-refractivity contribution in [3.8, 4) is 0 Å². The van der Waals surface area contributed by atoms with Crippen LogP contribution in [-0.2, 0) is 14.4 Å². The molecule has 3 nitrogen and oxygen atoms in total. The van der Waals surface area contributed by atoms with Gasteiger partial charge in [-0.15, -0.1) is 13.2 Å². The van der Waals surface area contributed by atoms with E-state index in [1.165, 1.54) is 0 Å². The highest BCUT2D eigenvalue weighted by molar-refractivity contribution is 4.75. The molecule has 2 unspecified atom stereocenters. The predicted octanol–water partition coefficient (Wildman–Crippen LogP) is 3.25. The van der Waals surface area contributed by atoms with E-state index in [2.05, 4.69) is 14.4 Å². The van der Waals surface area contributed by atoms with Crippen LogP contribution in [0.1, 0.15) is 26.7 Å². The van der Waals surface area contributed by atoms with Crippen LogP contribution >= 0.6 is 0 Å². The van der Waals surface area contributed by atoms with E-state index in [1.807, 2.05) is 0 Å². The van der Waals surface area contributed by atoms with Gasteiger partial charge in [-0.3, -0.25) is 4.74 Å². The average Bonchev–Trinajstić information content (AvgIpc) is 2.15. The van der Waals surface area contributed by atoms with E-state index in [9.17, 15) is 22.1 Å². The van der Waals surface area contributed by atoms with E-state index in [-0.39, 0.29) is 6.42 Å². The first-order valence-corrected chi connectivity index (χ1v) is 4.53. The Morgan fingerprint density at radius 3 is 2.12 bits per heavy atom. The predicted molar refractivity (Wildman–Crippen MR) is 43.5 cm³/mol. The van der Waals surface area contributed by atoms with Gasteiger partial charge in [0, 0.05) is 0 Å². The Hall–Kier alpha value is -0.470. The Morgan fingerprint density at radius 1 is 1.25 bits per heavy atom. The molecule has 0 rings (SSSR count). The Bertz CT molecular complexity index is 193. The van der Waals surface area contributed by atoms with E-state index in [0.717, 1.165) is 0 Å². The second-order valence-electron chi connectivity index (χ2n) is 3.19. The lowest BCUT2D eigenvalue weighted by atomic mass is 10.1. The molecule has 98 valence electrons. The van der Waals surface area contributed by atoms with Gasteiger partial charge in [-0.2, -0.15) is 4.94 Å². The van der Waals surface area contributed by atoms with Crippen molar-refractivity contribution < 1.29 is 36.5 Å². The molecule has 0 saturated heterocycles. The Balaban J connectivity index is 4.72. The molecule has 0 amide bonds. The summed E-state index contributed by atoms with van der Waals surface area (Å²) >= 11 is 0. The monoisotopic (exact) mass is 252 g/mol. The molecule has 0 radical (unpaired) electrons. The van der Waals surface area contributed by atoms with Crippen molar-refractivity contribution >= 4 is 0 Å². The lowest BCUT2D eigenvalue weighted by Gasteiger charge is -2.32. The maximum atomic E-state index is 12.1. The number of ether oxygens (including phenoxy) is 2.